The number of allylic oxidation sites excluding steroid dienone is 1. The van der Waals surface area contributed by atoms with Gasteiger partial charge in [0.15, 0.2) is 0 Å². The van der Waals surface area contributed by atoms with E-state index >= 15 is 0 Å². The number of benzene rings is 3. The fourth-order valence-electron chi connectivity index (χ4n) is 3.76. The molecule has 3 aromatic carbocycles. The van der Waals surface area contributed by atoms with E-state index in [1.165, 1.54) is 22.4 Å². The highest BCUT2D eigenvalue weighted by Gasteiger charge is 2.16. The summed E-state index contributed by atoms with van der Waals surface area (Å²) in [6.45, 7) is 4.57. The van der Waals surface area contributed by atoms with Crippen molar-refractivity contribution in [1.29, 1.82) is 0 Å². The second-order valence-corrected chi connectivity index (χ2v) is 7.31. The molecule has 0 radical (unpaired) electrons. The van der Waals surface area contributed by atoms with Crippen molar-refractivity contribution in [2.75, 3.05) is 26.2 Å². The number of rotatable bonds is 6. The Hall–Kier alpha value is -3.51. The molecule has 1 saturated heterocycles. The van der Waals surface area contributed by atoms with Crippen LogP contribution in [0.5, 0.6) is 0 Å². The summed E-state index contributed by atoms with van der Waals surface area (Å²) in [4.78, 5) is 13.1. The Morgan fingerprint density at radius 1 is 0.933 bits per heavy atom. The van der Waals surface area contributed by atoms with E-state index in [1.807, 2.05) is 5.01 Å². The number of hydrogen-bond acceptors (Lipinski definition) is 5. The molecule has 0 bridgehead atoms. The van der Waals surface area contributed by atoms with Crippen LogP contribution >= 0.6 is 0 Å². The van der Waals surface area contributed by atoms with Crippen LogP contribution < -0.4 is 0 Å². The Bertz CT molecular complexity index is 1080. The summed E-state index contributed by atoms with van der Waals surface area (Å²) in [5, 5.41) is 20.2. The topological polar surface area (TPSA) is 62.0 Å². The highest BCUT2D eigenvalue weighted by Crippen LogP contribution is 2.21. The fraction of sp³-hybridized carbons (Fsp3) is 0.208. The standard InChI is InChI=1S/C24H24N4O2/c29-28(30)24-13-4-2-8-21(24)11-6-14-25-27-17-15-26(16-18-27)19-22-10-5-9-20-7-1-3-12-23(20)22/h1-14H,15-19H2. The predicted octanol–water partition coefficient (Wildman–Crippen LogP) is 4.56. The van der Waals surface area contributed by atoms with Crippen LogP contribution in [0.25, 0.3) is 16.8 Å². The zero-order valence-corrected chi connectivity index (χ0v) is 16.7. The number of piperazine rings is 1. The number of nitro benzene ring substituents is 1. The van der Waals surface area contributed by atoms with Crippen LogP contribution in [0.4, 0.5) is 5.69 Å². The van der Waals surface area contributed by atoms with Gasteiger partial charge in [-0.25, -0.2) is 0 Å². The number of nitrogens with zero attached hydrogens (tertiary/aromatic N) is 4. The first-order valence-corrected chi connectivity index (χ1v) is 10.1. The molecule has 1 fully saturated rings. The fourth-order valence-corrected chi connectivity index (χ4v) is 3.76. The van der Waals surface area contributed by atoms with E-state index < -0.39 is 0 Å². The number of para-hydroxylation sites is 1. The van der Waals surface area contributed by atoms with Crippen molar-refractivity contribution in [2.45, 2.75) is 6.54 Å². The molecule has 0 atom stereocenters. The Labute approximate surface area is 175 Å². The molecule has 1 heterocycles. The molecule has 0 spiro atoms. The smallest absolute Gasteiger partial charge is 0.276 e. The largest absolute Gasteiger partial charge is 0.295 e. The summed E-state index contributed by atoms with van der Waals surface area (Å²) in [7, 11) is 0. The summed E-state index contributed by atoms with van der Waals surface area (Å²) >= 11 is 0. The maximum Gasteiger partial charge on any atom is 0.276 e. The zero-order valence-electron chi connectivity index (χ0n) is 16.7. The first-order chi connectivity index (χ1) is 14.7. The molecule has 3 aromatic rings. The second kappa shape index (κ2) is 9.33. The van der Waals surface area contributed by atoms with E-state index in [1.54, 1.807) is 36.6 Å². The van der Waals surface area contributed by atoms with Crippen molar-refractivity contribution in [1.82, 2.24) is 9.91 Å². The maximum absolute atomic E-state index is 11.1. The van der Waals surface area contributed by atoms with Gasteiger partial charge in [0.05, 0.1) is 10.5 Å². The van der Waals surface area contributed by atoms with Crippen molar-refractivity contribution in [3.05, 3.63) is 94.0 Å². The summed E-state index contributed by atoms with van der Waals surface area (Å²) in [6, 6.07) is 21.7. The molecule has 1 aliphatic rings. The van der Waals surface area contributed by atoms with Crippen LogP contribution in [-0.4, -0.2) is 47.2 Å². The average molecular weight is 400 g/mol. The van der Waals surface area contributed by atoms with Gasteiger partial charge in [-0.15, -0.1) is 0 Å². The summed E-state index contributed by atoms with van der Waals surface area (Å²) in [5.41, 5.74) is 2.04. The molecule has 6 nitrogen and oxygen atoms in total. The number of fused-ring (bicyclic) bond motifs is 1. The molecule has 4 rings (SSSR count). The molecular weight excluding hydrogens is 376 g/mol. The highest BCUT2D eigenvalue weighted by molar-refractivity contribution is 5.85. The van der Waals surface area contributed by atoms with Crippen LogP contribution in [0.2, 0.25) is 0 Å². The van der Waals surface area contributed by atoms with E-state index in [0.29, 0.717) is 5.56 Å². The van der Waals surface area contributed by atoms with Crippen LogP contribution in [0.3, 0.4) is 0 Å². The molecule has 0 aliphatic carbocycles. The zero-order chi connectivity index (χ0) is 20.8. The third kappa shape index (κ3) is 4.72. The second-order valence-electron chi connectivity index (χ2n) is 7.31. The molecule has 152 valence electrons. The Morgan fingerprint density at radius 2 is 1.67 bits per heavy atom. The lowest BCUT2D eigenvalue weighted by Crippen LogP contribution is -2.43. The minimum atomic E-state index is -0.369. The van der Waals surface area contributed by atoms with Crippen molar-refractivity contribution >= 4 is 28.8 Å². The lowest BCUT2D eigenvalue weighted by Gasteiger charge is -2.33. The normalized spacial score (nSPS) is 15.4. The van der Waals surface area contributed by atoms with Gasteiger partial charge in [0.25, 0.3) is 5.69 Å². The van der Waals surface area contributed by atoms with E-state index in [-0.39, 0.29) is 10.6 Å². The van der Waals surface area contributed by atoms with Gasteiger partial charge in [-0.3, -0.25) is 20.0 Å². The average Bonchev–Trinajstić information content (AvgIpc) is 2.78. The summed E-state index contributed by atoms with van der Waals surface area (Å²) in [6.07, 6.45) is 5.18. The van der Waals surface area contributed by atoms with Gasteiger partial charge in [0, 0.05) is 45.0 Å². The third-order valence-corrected chi connectivity index (χ3v) is 5.35. The Kier molecular flexibility index (Phi) is 6.15. The molecule has 0 amide bonds. The molecular formula is C24H24N4O2. The van der Waals surface area contributed by atoms with Crippen LogP contribution in [0.15, 0.2) is 77.9 Å². The molecule has 1 aliphatic heterocycles. The van der Waals surface area contributed by atoms with Gasteiger partial charge < -0.3 is 0 Å². The third-order valence-electron chi connectivity index (χ3n) is 5.35. The minimum absolute atomic E-state index is 0.101. The lowest BCUT2D eigenvalue weighted by atomic mass is 10.0. The molecule has 0 saturated carbocycles. The van der Waals surface area contributed by atoms with Crippen molar-refractivity contribution < 1.29 is 4.92 Å². The van der Waals surface area contributed by atoms with Crippen LogP contribution in [0, 0.1) is 10.1 Å². The van der Waals surface area contributed by atoms with Gasteiger partial charge >= 0.3 is 0 Å². The number of nitro groups is 1. The first kappa shape index (κ1) is 19.8. The monoisotopic (exact) mass is 400 g/mol. The van der Waals surface area contributed by atoms with Gasteiger partial charge in [0.2, 0.25) is 0 Å². The van der Waals surface area contributed by atoms with Gasteiger partial charge in [-0.1, -0.05) is 54.6 Å². The summed E-state index contributed by atoms with van der Waals surface area (Å²) in [5.74, 6) is 0. The minimum Gasteiger partial charge on any atom is -0.295 e. The van der Waals surface area contributed by atoms with Gasteiger partial charge in [-0.2, -0.15) is 5.10 Å². The summed E-state index contributed by atoms with van der Waals surface area (Å²) < 4.78 is 0. The van der Waals surface area contributed by atoms with E-state index in [9.17, 15) is 10.1 Å². The molecule has 30 heavy (non-hydrogen) atoms. The Balaban J connectivity index is 1.31. The maximum atomic E-state index is 11.1. The van der Waals surface area contributed by atoms with Crippen molar-refractivity contribution in [3.8, 4) is 0 Å². The number of hydrazone groups is 1. The van der Waals surface area contributed by atoms with Crippen molar-refractivity contribution in [3.63, 3.8) is 0 Å². The predicted molar refractivity (Wildman–Crippen MR) is 121 cm³/mol. The van der Waals surface area contributed by atoms with Crippen LogP contribution in [0.1, 0.15) is 11.1 Å². The van der Waals surface area contributed by atoms with E-state index in [2.05, 4.69) is 52.5 Å². The van der Waals surface area contributed by atoms with E-state index in [4.69, 9.17) is 0 Å². The molecule has 6 heteroatoms. The van der Waals surface area contributed by atoms with Crippen LogP contribution in [-0.2, 0) is 6.54 Å². The molecule has 0 unspecified atom stereocenters. The van der Waals surface area contributed by atoms with E-state index in [0.717, 1.165) is 32.7 Å². The highest BCUT2D eigenvalue weighted by atomic mass is 16.6. The number of hydrogen-bond donors (Lipinski definition) is 0. The Morgan fingerprint density at radius 3 is 2.50 bits per heavy atom. The van der Waals surface area contributed by atoms with Crippen molar-refractivity contribution in [2.24, 2.45) is 5.10 Å². The first-order valence-electron chi connectivity index (χ1n) is 10.1. The van der Waals surface area contributed by atoms with Gasteiger partial charge in [0.1, 0.15) is 0 Å². The molecule has 0 N–H and O–H groups in total. The SMILES string of the molecule is O=[N+]([O-])c1ccccc1C=CC=NN1CCN(Cc2cccc3ccccc23)CC1. The lowest BCUT2D eigenvalue weighted by molar-refractivity contribution is -0.385. The quantitative estimate of drug-likeness (QED) is 0.346. The van der Waals surface area contributed by atoms with Gasteiger partial charge in [-0.05, 0) is 34.6 Å². The molecule has 0 aromatic heterocycles.